The number of alkyl halides is 2. The van der Waals surface area contributed by atoms with Gasteiger partial charge in [0.15, 0.2) is 5.76 Å². The molecular weight excluding hydrogens is 288 g/mol. The maximum Gasteiger partial charge on any atom is 0.289 e. The Morgan fingerprint density at radius 3 is 2.85 bits per heavy atom. The molecule has 1 fully saturated rings. The van der Waals surface area contributed by atoms with Crippen molar-refractivity contribution in [1.29, 1.82) is 0 Å². The molecule has 0 unspecified atom stereocenters. The molecule has 0 spiro atoms. The van der Waals surface area contributed by atoms with Crippen molar-refractivity contribution in [2.45, 2.75) is 36.9 Å². The van der Waals surface area contributed by atoms with Crippen LogP contribution < -0.4 is 0 Å². The number of likely N-dealkylation sites (tertiary alicyclic amines) is 1. The van der Waals surface area contributed by atoms with Crippen molar-refractivity contribution in [1.82, 2.24) is 4.90 Å². The number of halogens is 2. The summed E-state index contributed by atoms with van der Waals surface area (Å²) < 4.78 is 29.4. The molecule has 20 heavy (non-hydrogen) atoms. The Morgan fingerprint density at radius 2 is 2.25 bits per heavy atom. The van der Waals surface area contributed by atoms with Crippen LogP contribution in [0.25, 0.3) is 0 Å². The van der Waals surface area contributed by atoms with Crippen molar-refractivity contribution >= 4 is 17.7 Å². The number of rotatable bonds is 6. The van der Waals surface area contributed by atoms with Crippen LogP contribution in [0.1, 0.15) is 36.1 Å². The van der Waals surface area contributed by atoms with Gasteiger partial charge in [0.2, 0.25) is 0 Å². The standard InChI is InChI=1S/C13H17F2NO3S/c1-2-5-13(18)7-16(8-13)11(17)10-4-3-9(19-10)6-20-12(14)15/h3-4,12,18H,2,5-8H2,1H3. The molecule has 0 saturated carbocycles. The number of nitrogens with zero attached hydrogens (tertiary/aromatic N) is 1. The molecule has 0 atom stereocenters. The Kier molecular flexibility index (Phi) is 4.70. The molecule has 0 radical (unpaired) electrons. The quantitative estimate of drug-likeness (QED) is 0.878. The van der Waals surface area contributed by atoms with Gasteiger partial charge in [-0.3, -0.25) is 4.79 Å². The maximum absolute atomic E-state index is 12.1. The molecule has 0 bridgehead atoms. The van der Waals surface area contributed by atoms with Crippen molar-refractivity contribution in [2.75, 3.05) is 13.1 Å². The smallest absolute Gasteiger partial charge is 0.289 e. The molecule has 2 heterocycles. The predicted molar refractivity (Wildman–Crippen MR) is 71.8 cm³/mol. The van der Waals surface area contributed by atoms with Gasteiger partial charge in [-0.05, 0) is 18.6 Å². The largest absolute Gasteiger partial charge is 0.455 e. The second-order valence-corrected chi connectivity index (χ2v) is 5.95. The van der Waals surface area contributed by atoms with E-state index in [2.05, 4.69) is 0 Å². The van der Waals surface area contributed by atoms with Gasteiger partial charge in [0.05, 0.1) is 24.4 Å². The summed E-state index contributed by atoms with van der Waals surface area (Å²) in [5.74, 6) is -2.25. The van der Waals surface area contributed by atoms with E-state index in [9.17, 15) is 18.7 Å². The fraction of sp³-hybridized carbons (Fsp3) is 0.615. The van der Waals surface area contributed by atoms with Gasteiger partial charge in [-0.1, -0.05) is 25.1 Å². The van der Waals surface area contributed by atoms with Gasteiger partial charge in [0.1, 0.15) is 5.76 Å². The number of furan rings is 1. The van der Waals surface area contributed by atoms with Crippen LogP contribution in [0.15, 0.2) is 16.5 Å². The second-order valence-electron chi connectivity index (χ2n) is 4.97. The van der Waals surface area contributed by atoms with Gasteiger partial charge in [-0.15, -0.1) is 0 Å². The molecule has 1 aromatic heterocycles. The summed E-state index contributed by atoms with van der Waals surface area (Å²) in [6.07, 6.45) is 1.51. The first-order chi connectivity index (χ1) is 9.43. The third-order valence-corrected chi connectivity index (χ3v) is 3.90. The van der Waals surface area contributed by atoms with Crippen LogP contribution in [0.5, 0.6) is 0 Å². The van der Waals surface area contributed by atoms with Gasteiger partial charge in [0.25, 0.3) is 11.7 Å². The number of thioether (sulfide) groups is 1. The predicted octanol–water partition coefficient (Wildman–Crippen LogP) is 2.72. The summed E-state index contributed by atoms with van der Waals surface area (Å²) in [6, 6.07) is 3.02. The molecular formula is C13H17F2NO3S. The first-order valence-corrected chi connectivity index (χ1v) is 7.48. The molecule has 1 saturated heterocycles. The molecule has 4 nitrogen and oxygen atoms in total. The van der Waals surface area contributed by atoms with Crippen LogP contribution in [0, 0.1) is 0 Å². The Balaban J connectivity index is 1.88. The van der Waals surface area contributed by atoms with Crippen molar-refractivity contribution in [3.8, 4) is 0 Å². The maximum atomic E-state index is 12.1. The highest BCUT2D eigenvalue weighted by atomic mass is 32.2. The Labute approximate surface area is 120 Å². The number of hydrogen-bond acceptors (Lipinski definition) is 4. The molecule has 1 aliphatic rings. The van der Waals surface area contributed by atoms with Crippen LogP contribution in [0.4, 0.5) is 8.78 Å². The number of β-amino-alcohol motifs (C(OH)–C–C–N with tert-alkyl or cyclic N) is 1. The SMILES string of the molecule is CCCC1(O)CN(C(=O)c2ccc(CSC(F)F)o2)C1. The molecule has 112 valence electrons. The van der Waals surface area contributed by atoms with E-state index in [1.165, 1.54) is 17.0 Å². The van der Waals surface area contributed by atoms with E-state index in [1.807, 2.05) is 6.92 Å². The first-order valence-electron chi connectivity index (χ1n) is 6.43. The number of aliphatic hydroxyl groups is 1. The third kappa shape index (κ3) is 3.52. The van der Waals surface area contributed by atoms with Crippen LogP contribution in [0.2, 0.25) is 0 Å². The average molecular weight is 305 g/mol. The number of amides is 1. The average Bonchev–Trinajstić information content (AvgIpc) is 2.81. The van der Waals surface area contributed by atoms with Gasteiger partial charge in [-0.2, -0.15) is 8.78 Å². The lowest BCUT2D eigenvalue weighted by Crippen LogP contribution is -2.63. The second kappa shape index (κ2) is 6.13. The van der Waals surface area contributed by atoms with Crippen molar-refractivity contribution < 1.29 is 23.1 Å². The number of carbonyl (C=O) groups is 1. The zero-order valence-corrected chi connectivity index (χ0v) is 12.0. The normalized spacial score (nSPS) is 17.4. The fourth-order valence-corrected chi connectivity index (χ4v) is 2.75. The summed E-state index contributed by atoms with van der Waals surface area (Å²) in [6.45, 7) is 2.56. The van der Waals surface area contributed by atoms with E-state index in [0.717, 1.165) is 6.42 Å². The Hall–Kier alpha value is -1.08. The lowest BCUT2D eigenvalue weighted by Gasteiger charge is -2.46. The van der Waals surface area contributed by atoms with Crippen molar-refractivity contribution in [2.24, 2.45) is 0 Å². The Morgan fingerprint density at radius 1 is 1.55 bits per heavy atom. The minimum atomic E-state index is -2.46. The summed E-state index contributed by atoms with van der Waals surface area (Å²) in [7, 11) is 0. The molecule has 1 aliphatic heterocycles. The number of carbonyl (C=O) groups excluding carboxylic acids is 1. The van der Waals surface area contributed by atoms with E-state index in [4.69, 9.17) is 4.42 Å². The van der Waals surface area contributed by atoms with Crippen molar-refractivity contribution in [3.63, 3.8) is 0 Å². The highest BCUT2D eigenvalue weighted by Gasteiger charge is 2.43. The zero-order chi connectivity index (χ0) is 14.8. The molecule has 1 amide bonds. The summed E-state index contributed by atoms with van der Waals surface area (Å²) in [5.41, 5.74) is -0.786. The van der Waals surface area contributed by atoms with Gasteiger partial charge in [-0.25, -0.2) is 0 Å². The van der Waals surface area contributed by atoms with Gasteiger partial charge < -0.3 is 14.4 Å². The zero-order valence-electron chi connectivity index (χ0n) is 11.1. The van der Waals surface area contributed by atoms with Crippen LogP contribution in [0.3, 0.4) is 0 Å². The molecule has 2 rings (SSSR count). The van der Waals surface area contributed by atoms with Crippen LogP contribution in [-0.4, -0.2) is 40.4 Å². The highest BCUT2D eigenvalue weighted by Crippen LogP contribution is 2.28. The van der Waals surface area contributed by atoms with E-state index in [-0.39, 0.29) is 17.4 Å². The summed E-state index contributed by atoms with van der Waals surface area (Å²) in [4.78, 5) is 13.5. The van der Waals surface area contributed by atoms with Gasteiger partial charge in [0, 0.05) is 0 Å². The Bertz CT molecular complexity index is 472. The van der Waals surface area contributed by atoms with E-state index >= 15 is 0 Å². The molecule has 7 heteroatoms. The monoisotopic (exact) mass is 305 g/mol. The molecule has 0 aliphatic carbocycles. The van der Waals surface area contributed by atoms with Crippen LogP contribution in [-0.2, 0) is 5.75 Å². The first kappa shape index (κ1) is 15.3. The van der Waals surface area contributed by atoms with Crippen LogP contribution >= 0.6 is 11.8 Å². The summed E-state index contributed by atoms with van der Waals surface area (Å²) >= 11 is 0.452. The lowest BCUT2D eigenvalue weighted by molar-refractivity contribution is -0.0868. The molecule has 1 aromatic rings. The lowest BCUT2D eigenvalue weighted by atomic mass is 9.89. The van der Waals surface area contributed by atoms with E-state index in [0.29, 0.717) is 37.0 Å². The minimum Gasteiger partial charge on any atom is -0.455 e. The number of hydrogen-bond donors (Lipinski definition) is 1. The topological polar surface area (TPSA) is 53.7 Å². The fourth-order valence-electron chi connectivity index (χ4n) is 2.30. The molecule has 0 aromatic carbocycles. The molecule has 1 N–H and O–H groups in total. The van der Waals surface area contributed by atoms with E-state index < -0.39 is 11.4 Å². The van der Waals surface area contributed by atoms with Gasteiger partial charge >= 0.3 is 0 Å². The third-order valence-electron chi connectivity index (χ3n) is 3.20. The summed E-state index contributed by atoms with van der Waals surface area (Å²) in [5, 5.41) is 10.0. The van der Waals surface area contributed by atoms with Crippen molar-refractivity contribution in [3.05, 3.63) is 23.7 Å². The highest BCUT2D eigenvalue weighted by molar-refractivity contribution is 7.98. The van der Waals surface area contributed by atoms with E-state index in [1.54, 1.807) is 0 Å². The minimum absolute atomic E-state index is 0.0325.